The maximum Gasteiger partial charge on any atom is 0.0690 e. The van der Waals surface area contributed by atoms with Crippen molar-refractivity contribution in [3.05, 3.63) is 12.2 Å². The van der Waals surface area contributed by atoms with Crippen LogP contribution in [-0.2, 0) is 4.74 Å². The van der Waals surface area contributed by atoms with Crippen molar-refractivity contribution in [3.8, 4) is 0 Å². The fourth-order valence-corrected chi connectivity index (χ4v) is 3.23. The van der Waals surface area contributed by atoms with Gasteiger partial charge in [0, 0.05) is 0 Å². The molecule has 92 valence electrons. The highest BCUT2D eigenvalue weighted by Gasteiger charge is 2.39. The van der Waals surface area contributed by atoms with E-state index in [0.717, 1.165) is 12.5 Å². The topological polar surface area (TPSA) is 9.23 Å². The van der Waals surface area contributed by atoms with Crippen LogP contribution in [0.2, 0.25) is 0 Å². The van der Waals surface area contributed by atoms with E-state index < -0.39 is 0 Å². The number of ether oxygens (including phenoxy) is 1. The first kappa shape index (κ1) is 12.2. The van der Waals surface area contributed by atoms with Crippen LogP contribution in [0, 0.1) is 11.3 Å². The fourth-order valence-electron chi connectivity index (χ4n) is 3.23. The molecule has 1 aliphatic carbocycles. The van der Waals surface area contributed by atoms with Gasteiger partial charge in [0.1, 0.15) is 0 Å². The Hall–Kier alpha value is -0.300. The molecule has 2 aliphatic rings. The van der Waals surface area contributed by atoms with E-state index in [-0.39, 0.29) is 5.60 Å². The van der Waals surface area contributed by atoms with Gasteiger partial charge in [0.25, 0.3) is 0 Å². The highest BCUT2D eigenvalue weighted by molar-refractivity contribution is 4.96. The second-order valence-corrected chi connectivity index (χ2v) is 6.64. The highest BCUT2D eigenvalue weighted by atomic mass is 16.5. The second kappa shape index (κ2) is 4.52. The van der Waals surface area contributed by atoms with Gasteiger partial charge < -0.3 is 4.74 Å². The molecule has 1 fully saturated rings. The van der Waals surface area contributed by atoms with Crippen molar-refractivity contribution in [2.24, 2.45) is 11.3 Å². The van der Waals surface area contributed by atoms with E-state index in [1.807, 2.05) is 0 Å². The Bertz CT molecular complexity index is 239. The zero-order valence-electron chi connectivity index (χ0n) is 11.1. The van der Waals surface area contributed by atoms with E-state index in [1.54, 1.807) is 0 Å². The quantitative estimate of drug-likeness (QED) is 0.554. The summed E-state index contributed by atoms with van der Waals surface area (Å²) >= 11 is 0. The van der Waals surface area contributed by atoms with Crippen molar-refractivity contribution in [2.75, 3.05) is 6.61 Å². The summed E-state index contributed by atoms with van der Waals surface area (Å²) in [6.07, 6.45) is 12.2. The summed E-state index contributed by atoms with van der Waals surface area (Å²) in [6.45, 7) is 7.97. The minimum absolute atomic E-state index is 0.227. The van der Waals surface area contributed by atoms with Crippen molar-refractivity contribution in [3.63, 3.8) is 0 Å². The summed E-state index contributed by atoms with van der Waals surface area (Å²) in [5.41, 5.74) is 0.704. The predicted molar refractivity (Wildman–Crippen MR) is 68.5 cm³/mol. The van der Waals surface area contributed by atoms with Crippen LogP contribution in [0.5, 0.6) is 0 Å². The van der Waals surface area contributed by atoms with Gasteiger partial charge in [0.2, 0.25) is 0 Å². The van der Waals surface area contributed by atoms with E-state index in [9.17, 15) is 0 Å². The molecule has 1 aliphatic heterocycles. The molecule has 1 spiro atoms. The van der Waals surface area contributed by atoms with Gasteiger partial charge in [-0.15, -0.1) is 0 Å². The van der Waals surface area contributed by atoms with Crippen LogP contribution >= 0.6 is 0 Å². The van der Waals surface area contributed by atoms with E-state index in [1.165, 1.54) is 38.5 Å². The lowest BCUT2D eigenvalue weighted by Crippen LogP contribution is -2.39. The van der Waals surface area contributed by atoms with Gasteiger partial charge in [0.05, 0.1) is 12.2 Å². The van der Waals surface area contributed by atoms with Gasteiger partial charge >= 0.3 is 0 Å². The van der Waals surface area contributed by atoms with Crippen molar-refractivity contribution >= 4 is 0 Å². The Labute approximate surface area is 100 Å². The molecule has 1 heteroatoms. The minimum Gasteiger partial charge on any atom is -0.371 e. The molecule has 0 atom stereocenters. The fraction of sp³-hybridized carbons (Fsp3) is 0.867. The van der Waals surface area contributed by atoms with E-state index in [2.05, 4.69) is 32.9 Å². The third kappa shape index (κ3) is 2.68. The van der Waals surface area contributed by atoms with Crippen LogP contribution in [0.4, 0.5) is 0 Å². The summed E-state index contributed by atoms with van der Waals surface area (Å²) in [5.74, 6) is 0.887. The third-order valence-corrected chi connectivity index (χ3v) is 4.54. The maximum atomic E-state index is 6.11. The van der Waals surface area contributed by atoms with Crippen LogP contribution in [0.15, 0.2) is 12.2 Å². The first-order valence-corrected chi connectivity index (χ1v) is 6.81. The zero-order valence-corrected chi connectivity index (χ0v) is 11.1. The van der Waals surface area contributed by atoms with Gasteiger partial charge in [-0.05, 0) is 49.9 Å². The third-order valence-electron chi connectivity index (χ3n) is 4.54. The van der Waals surface area contributed by atoms with Crippen molar-refractivity contribution in [1.29, 1.82) is 0 Å². The normalized spacial score (nSPS) is 36.3. The Kier molecular flexibility index (Phi) is 3.44. The Morgan fingerprint density at radius 2 is 1.75 bits per heavy atom. The van der Waals surface area contributed by atoms with Crippen molar-refractivity contribution in [1.82, 2.24) is 0 Å². The van der Waals surface area contributed by atoms with Crippen LogP contribution in [0.1, 0.15) is 59.3 Å². The molecule has 1 heterocycles. The molecule has 0 aromatic rings. The lowest BCUT2D eigenvalue weighted by molar-refractivity contribution is -0.0773. The van der Waals surface area contributed by atoms with Crippen LogP contribution in [0.25, 0.3) is 0 Å². The van der Waals surface area contributed by atoms with Gasteiger partial charge in [-0.25, -0.2) is 0 Å². The first-order chi connectivity index (χ1) is 7.52. The molecule has 1 nitrogen and oxygen atoms in total. The Balaban J connectivity index is 1.93. The Morgan fingerprint density at radius 3 is 2.38 bits per heavy atom. The molecule has 0 unspecified atom stereocenters. The van der Waals surface area contributed by atoms with Gasteiger partial charge in [-0.3, -0.25) is 0 Å². The van der Waals surface area contributed by atoms with Gasteiger partial charge in [-0.1, -0.05) is 32.9 Å². The smallest absolute Gasteiger partial charge is 0.0690 e. The molecule has 16 heavy (non-hydrogen) atoms. The monoisotopic (exact) mass is 222 g/mol. The highest BCUT2D eigenvalue weighted by Crippen LogP contribution is 2.45. The summed E-state index contributed by atoms with van der Waals surface area (Å²) in [4.78, 5) is 0. The number of hydrogen-bond acceptors (Lipinski definition) is 1. The standard InChI is InChI=1S/C15H26O/c1-14(2,3)13-7-10-15(11-8-13)9-5-4-6-12-16-15/h4,6,13H,5,7-12H2,1-3H3. The van der Waals surface area contributed by atoms with Crippen LogP contribution in [-0.4, -0.2) is 12.2 Å². The average molecular weight is 222 g/mol. The molecule has 0 bridgehead atoms. The summed E-state index contributed by atoms with van der Waals surface area (Å²) < 4.78 is 6.11. The maximum absolute atomic E-state index is 6.11. The molecule has 2 rings (SSSR count). The van der Waals surface area contributed by atoms with Gasteiger partial charge in [0.15, 0.2) is 0 Å². The van der Waals surface area contributed by atoms with Crippen LogP contribution in [0.3, 0.4) is 0 Å². The van der Waals surface area contributed by atoms with E-state index >= 15 is 0 Å². The molecule has 0 amide bonds. The van der Waals surface area contributed by atoms with E-state index in [4.69, 9.17) is 4.74 Å². The van der Waals surface area contributed by atoms with Gasteiger partial charge in [-0.2, -0.15) is 0 Å². The summed E-state index contributed by atoms with van der Waals surface area (Å²) in [6, 6.07) is 0. The molecule has 0 N–H and O–H groups in total. The molecule has 1 saturated carbocycles. The number of hydrogen-bond donors (Lipinski definition) is 0. The summed E-state index contributed by atoms with van der Waals surface area (Å²) in [5, 5.41) is 0. The molecule has 0 aromatic heterocycles. The number of allylic oxidation sites excluding steroid dienone is 1. The largest absolute Gasteiger partial charge is 0.371 e. The average Bonchev–Trinajstić information content (AvgIpc) is 2.43. The number of rotatable bonds is 0. The first-order valence-electron chi connectivity index (χ1n) is 6.81. The lowest BCUT2D eigenvalue weighted by atomic mass is 9.67. The lowest BCUT2D eigenvalue weighted by Gasteiger charge is -2.43. The van der Waals surface area contributed by atoms with E-state index in [0.29, 0.717) is 5.41 Å². The molecular weight excluding hydrogens is 196 g/mol. The molecule has 0 radical (unpaired) electrons. The molecule has 0 aromatic carbocycles. The predicted octanol–water partition coefficient (Wildman–Crippen LogP) is 4.33. The van der Waals surface area contributed by atoms with Crippen molar-refractivity contribution < 1.29 is 4.74 Å². The van der Waals surface area contributed by atoms with Crippen LogP contribution < -0.4 is 0 Å². The Morgan fingerprint density at radius 1 is 1.06 bits per heavy atom. The second-order valence-electron chi connectivity index (χ2n) is 6.64. The SMILES string of the molecule is CC(C)(C)C1CCC2(CCC=CCO2)CC1. The summed E-state index contributed by atoms with van der Waals surface area (Å²) in [7, 11) is 0. The minimum atomic E-state index is 0.227. The van der Waals surface area contributed by atoms with Crippen molar-refractivity contribution in [2.45, 2.75) is 64.9 Å². The molecular formula is C15H26O. The molecule has 0 saturated heterocycles. The zero-order chi connectivity index (χ0) is 11.6.